The van der Waals surface area contributed by atoms with Crippen LogP contribution in [0.1, 0.15) is 38.2 Å². The van der Waals surface area contributed by atoms with Crippen molar-refractivity contribution in [2.45, 2.75) is 44.7 Å². The Kier molecular flexibility index (Phi) is 3.99. The normalized spacial score (nSPS) is 31.2. The molecule has 2 unspecified atom stereocenters. The maximum atomic E-state index is 6.67. The Hall–Kier alpha value is -1.06. The van der Waals surface area contributed by atoms with E-state index in [1.807, 2.05) is 6.07 Å². The Balaban J connectivity index is 1.69. The number of nitrogens with two attached hydrogens (primary N) is 1. The third-order valence-corrected chi connectivity index (χ3v) is 4.70. The molecule has 0 radical (unpaired) electrons. The Labute approximate surface area is 122 Å². The van der Waals surface area contributed by atoms with Gasteiger partial charge in [0, 0.05) is 30.7 Å². The number of benzene rings is 1. The summed E-state index contributed by atoms with van der Waals surface area (Å²) in [6.07, 6.45) is 4.94. The molecule has 2 atom stereocenters. The van der Waals surface area contributed by atoms with Crippen LogP contribution in [-0.4, -0.2) is 30.1 Å². The second kappa shape index (κ2) is 5.74. The zero-order valence-corrected chi connectivity index (χ0v) is 12.5. The minimum Gasteiger partial charge on any atom is -0.492 e. The fraction of sp³-hybridized carbons (Fsp3) is 0.647. The van der Waals surface area contributed by atoms with Gasteiger partial charge in [0.05, 0.1) is 0 Å². The Bertz CT molecular complexity index is 462. The first kappa shape index (κ1) is 13.9. The second-order valence-corrected chi connectivity index (χ2v) is 6.73. The average Bonchev–Trinajstić information content (AvgIpc) is 2.59. The van der Waals surface area contributed by atoms with E-state index in [4.69, 9.17) is 10.5 Å². The molecule has 110 valence electrons. The first-order valence-electron chi connectivity index (χ1n) is 7.87. The molecule has 20 heavy (non-hydrogen) atoms. The van der Waals surface area contributed by atoms with E-state index in [1.165, 1.54) is 18.4 Å². The van der Waals surface area contributed by atoms with E-state index in [1.54, 1.807) is 0 Å². The minimum atomic E-state index is -0.00303. The second-order valence-electron chi connectivity index (χ2n) is 6.73. The molecule has 1 aromatic rings. The molecule has 0 aromatic heterocycles. The van der Waals surface area contributed by atoms with Gasteiger partial charge in [-0.15, -0.1) is 0 Å². The molecular formula is C17H26N2O. The molecular weight excluding hydrogens is 248 g/mol. The van der Waals surface area contributed by atoms with Gasteiger partial charge in [-0.2, -0.15) is 0 Å². The van der Waals surface area contributed by atoms with Gasteiger partial charge >= 0.3 is 0 Å². The van der Waals surface area contributed by atoms with E-state index >= 15 is 0 Å². The molecule has 1 saturated carbocycles. The molecule has 1 aliphatic heterocycles. The van der Waals surface area contributed by atoms with Gasteiger partial charge in [-0.25, -0.2) is 0 Å². The van der Waals surface area contributed by atoms with E-state index in [-0.39, 0.29) is 5.54 Å². The monoisotopic (exact) mass is 274 g/mol. The Morgan fingerprint density at radius 1 is 1.40 bits per heavy atom. The van der Waals surface area contributed by atoms with Gasteiger partial charge in [0.15, 0.2) is 0 Å². The van der Waals surface area contributed by atoms with Crippen LogP contribution in [0.3, 0.4) is 0 Å². The lowest BCUT2D eigenvalue weighted by atomic mass is 9.77. The molecule has 0 spiro atoms. The molecule has 3 heteroatoms. The summed E-state index contributed by atoms with van der Waals surface area (Å²) in [7, 11) is 0. The van der Waals surface area contributed by atoms with Gasteiger partial charge in [-0.1, -0.05) is 38.0 Å². The average molecular weight is 274 g/mol. The predicted octanol–water partition coefficient (Wildman–Crippen LogP) is 2.79. The maximum absolute atomic E-state index is 6.67. The molecule has 0 bridgehead atoms. The Morgan fingerprint density at radius 2 is 2.25 bits per heavy atom. The van der Waals surface area contributed by atoms with Crippen LogP contribution in [0.4, 0.5) is 0 Å². The summed E-state index contributed by atoms with van der Waals surface area (Å²) in [6, 6.07) is 8.37. The summed E-state index contributed by atoms with van der Waals surface area (Å²) in [5, 5.41) is 0. The quantitative estimate of drug-likeness (QED) is 0.901. The number of nitrogens with zero attached hydrogens (tertiary/aromatic N) is 1. The largest absolute Gasteiger partial charge is 0.492 e. The molecule has 0 saturated heterocycles. The number of para-hydroxylation sites is 1. The van der Waals surface area contributed by atoms with Gasteiger partial charge < -0.3 is 10.5 Å². The van der Waals surface area contributed by atoms with E-state index in [2.05, 4.69) is 30.0 Å². The molecule has 0 amide bonds. The van der Waals surface area contributed by atoms with Crippen LogP contribution in [0.2, 0.25) is 0 Å². The highest BCUT2D eigenvalue weighted by Gasteiger charge is 2.33. The third-order valence-electron chi connectivity index (χ3n) is 4.70. The van der Waals surface area contributed by atoms with Crippen molar-refractivity contribution in [2.24, 2.45) is 11.7 Å². The van der Waals surface area contributed by atoms with Crippen molar-refractivity contribution in [3.05, 3.63) is 29.8 Å². The molecule has 3 nitrogen and oxygen atoms in total. The highest BCUT2D eigenvalue weighted by molar-refractivity contribution is 5.33. The van der Waals surface area contributed by atoms with Crippen molar-refractivity contribution in [1.82, 2.24) is 4.90 Å². The van der Waals surface area contributed by atoms with Gasteiger partial charge in [0.2, 0.25) is 0 Å². The van der Waals surface area contributed by atoms with Crippen LogP contribution in [0.15, 0.2) is 24.3 Å². The van der Waals surface area contributed by atoms with Crippen LogP contribution >= 0.6 is 0 Å². The molecule has 3 rings (SSSR count). The highest BCUT2D eigenvalue weighted by atomic mass is 16.5. The highest BCUT2D eigenvalue weighted by Crippen LogP contribution is 2.32. The van der Waals surface area contributed by atoms with E-state index < -0.39 is 0 Å². The molecule has 1 heterocycles. The standard InChI is InChI=1S/C17H26N2O/c1-14-5-4-8-17(18,11-14)13-19-9-10-20-16-7-3-2-6-15(16)12-19/h2-3,6-7,14H,4-5,8-13,18H2,1H3. The summed E-state index contributed by atoms with van der Waals surface area (Å²) in [4.78, 5) is 2.48. The van der Waals surface area contributed by atoms with Crippen LogP contribution in [-0.2, 0) is 6.54 Å². The number of fused-ring (bicyclic) bond motifs is 1. The minimum absolute atomic E-state index is 0.00303. The molecule has 1 aromatic carbocycles. The van der Waals surface area contributed by atoms with Crippen molar-refractivity contribution in [3.8, 4) is 5.75 Å². The fourth-order valence-corrected chi connectivity index (χ4v) is 3.80. The van der Waals surface area contributed by atoms with Crippen molar-refractivity contribution >= 4 is 0 Å². The van der Waals surface area contributed by atoms with Gasteiger partial charge in [0.1, 0.15) is 12.4 Å². The van der Waals surface area contributed by atoms with Crippen LogP contribution in [0.5, 0.6) is 5.75 Å². The number of ether oxygens (including phenoxy) is 1. The van der Waals surface area contributed by atoms with Crippen molar-refractivity contribution in [3.63, 3.8) is 0 Å². The summed E-state index contributed by atoms with van der Waals surface area (Å²) in [5.74, 6) is 1.81. The molecule has 1 aliphatic carbocycles. The van der Waals surface area contributed by atoms with Crippen LogP contribution < -0.4 is 10.5 Å². The summed E-state index contributed by atoms with van der Waals surface area (Å²) in [6.45, 7) is 6.03. The third kappa shape index (κ3) is 3.15. The van der Waals surface area contributed by atoms with Gasteiger partial charge in [0.25, 0.3) is 0 Å². The lowest BCUT2D eigenvalue weighted by Crippen LogP contribution is -2.52. The number of rotatable bonds is 2. The van der Waals surface area contributed by atoms with Crippen LogP contribution in [0, 0.1) is 5.92 Å². The lowest BCUT2D eigenvalue weighted by Gasteiger charge is -2.40. The first-order chi connectivity index (χ1) is 9.65. The van der Waals surface area contributed by atoms with E-state index in [0.29, 0.717) is 0 Å². The summed E-state index contributed by atoms with van der Waals surface area (Å²) in [5.41, 5.74) is 7.96. The maximum Gasteiger partial charge on any atom is 0.123 e. The number of hydrogen-bond donors (Lipinski definition) is 1. The molecule has 2 aliphatic rings. The van der Waals surface area contributed by atoms with Crippen molar-refractivity contribution < 1.29 is 4.74 Å². The van der Waals surface area contributed by atoms with Crippen molar-refractivity contribution in [2.75, 3.05) is 19.7 Å². The molecule has 2 N–H and O–H groups in total. The first-order valence-corrected chi connectivity index (χ1v) is 7.87. The van der Waals surface area contributed by atoms with E-state index in [0.717, 1.165) is 50.8 Å². The predicted molar refractivity (Wildman–Crippen MR) is 81.8 cm³/mol. The number of hydrogen-bond acceptors (Lipinski definition) is 3. The van der Waals surface area contributed by atoms with Gasteiger partial charge in [-0.05, 0) is 24.8 Å². The fourth-order valence-electron chi connectivity index (χ4n) is 3.80. The molecule has 1 fully saturated rings. The Morgan fingerprint density at radius 3 is 3.10 bits per heavy atom. The van der Waals surface area contributed by atoms with Crippen molar-refractivity contribution in [1.29, 1.82) is 0 Å². The summed E-state index contributed by atoms with van der Waals surface area (Å²) >= 11 is 0. The lowest BCUT2D eigenvalue weighted by molar-refractivity contribution is 0.138. The van der Waals surface area contributed by atoms with Gasteiger partial charge in [-0.3, -0.25) is 4.90 Å². The zero-order chi connectivity index (χ0) is 14.0. The topological polar surface area (TPSA) is 38.5 Å². The van der Waals surface area contributed by atoms with E-state index in [9.17, 15) is 0 Å². The smallest absolute Gasteiger partial charge is 0.123 e. The van der Waals surface area contributed by atoms with Crippen LogP contribution in [0.25, 0.3) is 0 Å². The SMILES string of the molecule is CC1CCCC(N)(CN2CCOc3ccccc3C2)C1. The zero-order valence-electron chi connectivity index (χ0n) is 12.5. The summed E-state index contributed by atoms with van der Waals surface area (Å²) < 4.78 is 5.84.